The second-order valence-electron chi connectivity index (χ2n) is 11.9. The van der Waals surface area contributed by atoms with E-state index in [9.17, 15) is 27.9 Å². The number of rotatable bonds is 10. The summed E-state index contributed by atoms with van der Waals surface area (Å²) < 4.78 is 38.5. The molecular weight excluding hydrogens is 612 g/mol. The number of para-hydroxylation sites is 1. The van der Waals surface area contributed by atoms with Gasteiger partial charge in [-0.15, -0.1) is 0 Å². The normalized spacial score (nSPS) is 23.9. The number of likely N-dealkylation sites (tertiary alicyclic amines) is 1. The van der Waals surface area contributed by atoms with Crippen LogP contribution in [0.15, 0.2) is 59.0 Å². The Morgan fingerprint density at radius 3 is 2.17 bits per heavy atom. The van der Waals surface area contributed by atoms with E-state index in [0.717, 1.165) is 19.5 Å². The molecule has 4 aliphatic heterocycles. The van der Waals surface area contributed by atoms with Crippen molar-refractivity contribution in [3.8, 4) is 0 Å². The zero-order chi connectivity index (χ0) is 32.5. The van der Waals surface area contributed by atoms with Crippen LogP contribution < -0.4 is 4.90 Å². The van der Waals surface area contributed by atoms with Crippen LogP contribution in [0.3, 0.4) is 0 Å². The number of ether oxygens (including phenoxy) is 2. The lowest BCUT2D eigenvalue weighted by atomic mass is 9.82. The Kier molecular flexibility index (Phi) is 9.31. The van der Waals surface area contributed by atoms with Gasteiger partial charge in [0.05, 0.1) is 42.6 Å². The number of aliphatic hydroxyl groups excluding tert-OH is 1. The fourth-order valence-corrected chi connectivity index (χ4v) is 8.26. The number of carbonyl (C=O) groups excluding carboxylic acids is 3. The molecule has 0 bridgehead atoms. The van der Waals surface area contributed by atoms with Gasteiger partial charge >= 0.3 is 0 Å². The molecule has 1 spiro atoms. The average molecular weight is 653 g/mol. The minimum atomic E-state index is -3.80. The third-order valence-corrected chi connectivity index (χ3v) is 11.2. The van der Waals surface area contributed by atoms with Crippen LogP contribution in [0.5, 0.6) is 0 Å². The molecule has 2 amide bonds. The Balaban J connectivity index is 1.43. The van der Waals surface area contributed by atoms with E-state index >= 15 is 0 Å². The van der Waals surface area contributed by atoms with Gasteiger partial charge in [-0.05, 0) is 43.2 Å². The lowest BCUT2D eigenvalue weighted by Crippen LogP contribution is -2.52. The molecule has 4 aliphatic rings. The van der Waals surface area contributed by atoms with Gasteiger partial charge in [-0.3, -0.25) is 19.3 Å². The maximum Gasteiger partial charge on any atom is 0.296 e. The Morgan fingerprint density at radius 1 is 0.848 bits per heavy atom. The van der Waals surface area contributed by atoms with Crippen LogP contribution in [0.25, 0.3) is 5.76 Å². The first-order valence-electron chi connectivity index (χ1n) is 15.9. The summed E-state index contributed by atoms with van der Waals surface area (Å²) >= 11 is 0. The molecule has 13 heteroatoms. The Hall–Kier alpha value is -3.62. The predicted octanol–water partition coefficient (Wildman–Crippen LogP) is 2.15. The van der Waals surface area contributed by atoms with Crippen molar-refractivity contribution >= 4 is 39.1 Å². The van der Waals surface area contributed by atoms with Crippen LogP contribution >= 0.6 is 0 Å². The predicted molar refractivity (Wildman–Crippen MR) is 170 cm³/mol. The van der Waals surface area contributed by atoms with Gasteiger partial charge in [-0.25, -0.2) is 8.42 Å². The fourth-order valence-electron chi connectivity index (χ4n) is 6.85. The van der Waals surface area contributed by atoms with Crippen LogP contribution in [-0.4, -0.2) is 117 Å². The van der Waals surface area contributed by atoms with E-state index in [4.69, 9.17) is 9.47 Å². The van der Waals surface area contributed by atoms with Crippen molar-refractivity contribution in [2.75, 3.05) is 77.1 Å². The van der Waals surface area contributed by atoms with Gasteiger partial charge in [-0.1, -0.05) is 31.5 Å². The maximum absolute atomic E-state index is 14.7. The lowest BCUT2D eigenvalue weighted by Gasteiger charge is -2.35. The van der Waals surface area contributed by atoms with Gasteiger partial charge < -0.3 is 24.4 Å². The van der Waals surface area contributed by atoms with Crippen LogP contribution in [0.1, 0.15) is 37.3 Å². The molecule has 46 heavy (non-hydrogen) atoms. The lowest BCUT2D eigenvalue weighted by molar-refractivity contribution is -0.143. The molecule has 0 aliphatic carbocycles. The molecule has 12 nitrogen and oxygen atoms in total. The van der Waals surface area contributed by atoms with Crippen molar-refractivity contribution in [3.63, 3.8) is 0 Å². The average Bonchev–Trinajstić information content (AvgIpc) is 3.46. The van der Waals surface area contributed by atoms with E-state index in [1.807, 2.05) is 13.0 Å². The fraction of sp³-hybridized carbons (Fsp3) is 0.485. The molecule has 1 N–H and O–H groups in total. The van der Waals surface area contributed by atoms with Crippen molar-refractivity contribution < 1.29 is 37.4 Å². The summed E-state index contributed by atoms with van der Waals surface area (Å²) in [6.07, 6.45) is 2.04. The van der Waals surface area contributed by atoms with Gasteiger partial charge in [0.1, 0.15) is 5.76 Å². The zero-order valence-corrected chi connectivity index (χ0v) is 26.8. The number of unbranched alkanes of at least 4 members (excludes halogenated alkanes) is 1. The molecule has 3 fully saturated rings. The first kappa shape index (κ1) is 32.3. The summed E-state index contributed by atoms with van der Waals surface area (Å²) in [5, 5.41) is 11.8. The third kappa shape index (κ3) is 5.43. The molecule has 0 radical (unpaired) electrons. The van der Waals surface area contributed by atoms with Gasteiger partial charge in [-0.2, -0.15) is 4.31 Å². The van der Waals surface area contributed by atoms with Crippen molar-refractivity contribution in [3.05, 3.63) is 65.2 Å². The number of nitrogens with zero attached hydrogens (tertiary/aromatic N) is 4. The highest BCUT2D eigenvalue weighted by molar-refractivity contribution is 7.89. The Bertz CT molecular complexity index is 1630. The van der Waals surface area contributed by atoms with E-state index in [0.29, 0.717) is 63.6 Å². The van der Waals surface area contributed by atoms with E-state index in [1.165, 1.54) is 33.5 Å². The number of aliphatic hydroxyl groups is 1. The summed E-state index contributed by atoms with van der Waals surface area (Å²) in [7, 11) is -3.80. The first-order chi connectivity index (χ1) is 22.2. The highest BCUT2D eigenvalue weighted by Crippen LogP contribution is 2.53. The summed E-state index contributed by atoms with van der Waals surface area (Å²) in [4.78, 5) is 47.7. The van der Waals surface area contributed by atoms with E-state index in [-0.39, 0.29) is 35.7 Å². The minimum Gasteiger partial charge on any atom is -0.507 e. The Morgan fingerprint density at radius 2 is 1.50 bits per heavy atom. The number of fused-ring (bicyclic) bond motifs is 2. The molecular formula is C33H40N4O8S. The maximum atomic E-state index is 14.7. The highest BCUT2D eigenvalue weighted by atomic mass is 32.2. The van der Waals surface area contributed by atoms with Crippen LogP contribution in [0.2, 0.25) is 0 Å². The number of benzene rings is 2. The van der Waals surface area contributed by atoms with E-state index < -0.39 is 38.9 Å². The molecule has 4 heterocycles. The summed E-state index contributed by atoms with van der Waals surface area (Å²) in [5.74, 6) is -2.78. The second kappa shape index (κ2) is 13.2. The highest BCUT2D eigenvalue weighted by Gasteiger charge is 2.66. The molecule has 0 saturated carbocycles. The minimum absolute atomic E-state index is 0.0252. The SMILES string of the molecule is CCCCN1C(=O)C2(/C(=C(/O)c3ccc(S(=O)(=O)N4CCOCC4)cc3)C(=O)C(=O)N2CCCN2CCOCC2)c2ccccc21. The zero-order valence-electron chi connectivity index (χ0n) is 26.0. The monoisotopic (exact) mass is 652 g/mol. The molecule has 2 aromatic carbocycles. The van der Waals surface area contributed by atoms with Crippen molar-refractivity contribution in [2.24, 2.45) is 0 Å². The number of hydrogen-bond donors (Lipinski definition) is 1. The number of Topliss-reactive ketones (excluding diaryl/α,β-unsaturated/α-hetero) is 1. The van der Waals surface area contributed by atoms with Crippen molar-refractivity contribution in [2.45, 2.75) is 36.6 Å². The second-order valence-corrected chi connectivity index (χ2v) is 13.8. The van der Waals surface area contributed by atoms with Crippen LogP contribution in [0.4, 0.5) is 5.69 Å². The number of hydrogen-bond acceptors (Lipinski definition) is 9. The number of morpholine rings is 2. The molecule has 246 valence electrons. The molecule has 0 aromatic heterocycles. The number of sulfonamides is 1. The van der Waals surface area contributed by atoms with E-state index in [2.05, 4.69) is 4.90 Å². The largest absolute Gasteiger partial charge is 0.507 e. The Labute approximate surface area is 269 Å². The standard InChI is InChI=1S/C33H40N4O8S/c1-2-3-14-36-27-8-5-4-7-26(27)33(32(36)41)28(30(39)31(40)37(33)15-6-13-34-16-20-44-21-17-34)29(38)24-9-11-25(12-10-24)46(42,43)35-18-22-45-23-19-35/h4-5,7-12,38H,2-3,6,13-23H2,1H3/b29-28+. The molecule has 1 unspecified atom stereocenters. The van der Waals surface area contributed by atoms with Crippen molar-refractivity contribution in [1.82, 2.24) is 14.1 Å². The van der Waals surface area contributed by atoms with E-state index in [1.54, 1.807) is 23.1 Å². The number of anilines is 1. The van der Waals surface area contributed by atoms with Crippen molar-refractivity contribution in [1.29, 1.82) is 0 Å². The molecule has 1 atom stereocenters. The summed E-state index contributed by atoms with van der Waals surface area (Å²) in [5.41, 5.74) is -0.965. The smallest absolute Gasteiger partial charge is 0.296 e. The quantitative estimate of drug-likeness (QED) is 0.233. The van der Waals surface area contributed by atoms with Gasteiger partial charge in [0, 0.05) is 56.9 Å². The molecule has 2 aromatic rings. The molecule has 3 saturated heterocycles. The topological polar surface area (TPSA) is 137 Å². The van der Waals surface area contributed by atoms with Crippen LogP contribution in [-0.2, 0) is 39.4 Å². The third-order valence-electron chi connectivity index (χ3n) is 9.24. The van der Waals surface area contributed by atoms with Gasteiger partial charge in [0.25, 0.3) is 17.6 Å². The summed E-state index contributed by atoms with van der Waals surface area (Å²) in [6, 6.07) is 12.7. The number of ketones is 1. The molecule has 6 rings (SSSR count). The van der Waals surface area contributed by atoms with Gasteiger partial charge in [0.2, 0.25) is 10.0 Å². The summed E-state index contributed by atoms with van der Waals surface area (Å²) in [6.45, 7) is 7.00. The number of amides is 2. The van der Waals surface area contributed by atoms with Gasteiger partial charge in [0.15, 0.2) is 5.54 Å². The number of carbonyl (C=O) groups is 3. The first-order valence-corrected chi connectivity index (χ1v) is 17.4. The van der Waals surface area contributed by atoms with Crippen LogP contribution in [0, 0.1) is 0 Å².